The third-order valence-corrected chi connectivity index (χ3v) is 3.93. The van der Waals surface area contributed by atoms with Crippen LogP contribution in [-0.2, 0) is 0 Å². The third-order valence-electron chi connectivity index (χ3n) is 3.03. The molecule has 106 valence electrons. The molecule has 0 saturated heterocycles. The van der Waals surface area contributed by atoms with Gasteiger partial charge in [-0.25, -0.2) is 0 Å². The van der Waals surface area contributed by atoms with E-state index in [9.17, 15) is 0 Å². The van der Waals surface area contributed by atoms with Crippen LogP contribution < -0.4 is 5.73 Å². The molecular weight excluding hydrogens is 331 g/mol. The summed E-state index contributed by atoms with van der Waals surface area (Å²) in [6.45, 7) is 0. The number of aromatic nitrogens is 1. The molecule has 1 aromatic heterocycles. The van der Waals surface area contributed by atoms with Crippen LogP contribution in [0.25, 0.3) is 22.5 Å². The highest BCUT2D eigenvalue weighted by molar-refractivity contribution is 6.36. The first-order valence-electron chi connectivity index (χ1n) is 6.03. The summed E-state index contributed by atoms with van der Waals surface area (Å²) in [7, 11) is 0. The highest BCUT2D eigenvalue weighted by Gasteiger charge is 2.21. The van der Waals surface area contributed by atoms with Crippen molar-refractivity contribution in [3.8, 4) is 22.5 Å². The molecule has 21 heavy (non-hydrogen) atoms. The zero-order valence-electron chi connectivity index (χ0n) is 10.6. The van der Waals surface area contributed by atoms with Gasteiger partial charge in [0.1, 0.15) is 0 Å². The highest BCUT2D eigenvalue weighted by Crippen LogP contribution is 2.42. The number of halogens is 3. The van der Waals surface area contributed by atoms with Crippen LogP contribution in [0.4, 0.5) is 5.82 Å². The number of hydrogen-bond acceptors (Lipinski definition) is 3. The molecule has 0 amide bonds. The maximum atomic E-state index is 6.23. The fourth-order valence-corrected chi connectivity index (χ4v) is 2.69. The fourth-order valence-electron chi connectivity index (χ4n) is 2.08. The summed E-state index contributed by atoms with van der Waals surface area (Å²) in [5.41, 5.74) is 7.87. The van der Waals surface area contributed by atoms with Crippen molar-refractivity contribution in [3.63, 3.8) is 0 Å². The molecule has 0 aliphatic rings. The molecule has 1 heterocycles. The molecule has 0 unspecified atom stereocenters. The van der Waals surface area contributed by atoms with Crippen molar-refractivity contribution in [1.82, 2.24) is 5.16 Å². The minimum Gasteiger partial charge on any atom is -0.380 e. The van der Waals surface area contributed by atoms with E-state index in [1.165, 1.54) is 0 Å². The molecule has 2 N–H and O–H groups in total. The van der Waals surface area contributed by atoms with Crippen molar-refractivity contribution in [2.45, 2.75) is 0 Å². The van der Waals surface area contributed by atoms with Crippen LogP contribution in [0, 0.1) is 0 Å². The first kappa shape index (κ1) is 14.3. The van der Waals surface area contributed by atoms with Gasteiger partial charge in [0.2, 0.25) is 0 Å². The van der Waals surface area contributed by atoms with Gasteiger partial charge in [-0.05, 0) is 24.3 Å². The Labute approximate surface area is 136 Å². The van der Waals surface area contributed by atoms with Crippen molar-refractivity contribution in [2.24, 2.45) is 0 Å². The van der Waals surface area contributed by atoms with Gasteiger partial charge in [-0.2, -0.15) is 0 Å². The minimum atomic E-state index is 0.245. The Morgan fingerprint density at radius 1 is 0.905 bits per heavy atom. The van der Waals surface area contributed by atoms with E-state index in [1.807, 2.05) is 18.2 Å². The van der Waals surface area contributed by atoms with Gasteiger partial charge in [-0.3, -0.25) is 0 Å². The maximum Gasteiger partial charge on any atom is 0.178 e. The summed E-state index contributed by atoms with van der Waals surface area (Å²) >= 11 is 18.5. The Kier molecular flexibility index (Phi) is 3.81. The quantitative estimate of drug-likeness (QED) is 0.666. The summed E-state index contributed by atoms with van der Waals surface area (Å²) in [6, 6.07) is 12.4. The van der Waals surface area contributed by atoms with Gasteiger partial charge in [0.25, 0.3) is 0 Å². The summed E-state index contributed by atoms with van der Waals surface area (Å²) in [5.74, 6) is 0.683. The van der Waals surface area contributed by atoms with Gasteiger partial charge in [-0.1, -0.05) is 58.2 Å². The number of hydrogen-bond donors (Lipinski definition) is 1. The van der Waals surface area contributed by atoms with Crippen LogP contribution in [0.15, 0.2) is 47.0 Å². The van der Waals surface area contributed by atoms with Crippen molar-refractivity contribution in [3.05, 3.63) is 57.5 Å². The molecule has 6 heteroatoms. The summed E-state index contributed by atoms with van der Waals surface area (Å²) < 4.78 is 5.35. The average Bonchev–Trinajstić information content (AvgIpc) is 2.84. The molecule has 0 bridgehead atoms. The molecular formula is C15H9Cl3N2O. The molecule has 0 aliphatic carbocycles. The Bertz CT molecular complexity index is 814. The molecule has 2 aromatic carbocycles. The lowest BCUT2D eigenvalue weighted by atomic mass is 10.0. The lowest BCUT2D eigenvalue weighted by molar-refractivity contribution is 0.436. The van der Waals surface area contributed by atoms with Gasteiger partial charge in [-0.15, -0.1) is 0 Å². The number of nitrogens with zero attached hydrogens (tertiary/aromatic N) is 1. The molecule has 0 atom stereocenters. The van der Waals surface area contributed by atoms with E-state index in [4.69, 9.17) is 45.1 Å². The number of rotatable bonds is 2. The Hall–Kier alpha value is -1.68. The predicted molar refractivity (Wildman–Crippen MR) is 86.8 cm³/mol. The zero-order chi connectivity index (χ0) is 15.0. The van der Waals surface area contributed by atoms with E-state index in [-0.39, 0.29) is 5.82 Å². The molecule has 0 radical (unpaired) electrons. The third kappa shape index (κ3) is 2.60. The molecule has 3 nitrogen and oxygen atoms in total. The molecule has 0 aliphatic heterocycles. The van der Waals surface area contributed by atoms with Crippen molar-refractivity contribution < 1.29 is 4.52 Å². The van der Waals surface area contributed by atoms with Crippen molar-refractivity contribution >= 4 is 40.6 Å². The van der Waals surface area contributed by atoms with Crippen LogP contribution in [0.1, 0.15) is 0 Å². The normalized spacial score (nSPS) is 10.8. The van der Waals surface area contributed by atoms with E-state index < -0.39 is 0 Å². The minimum absolute atomic E-state index is 0.245. The second-order valence-corrected chi connectivity index (χ2v) is 5.63. The largest absolute Gasteiger partial charge is 0.380 e. The summed E-state index contributed by atoms with van der Waals surface area (Å²) in [4.78, 5) is 0. The van der Waals surface area contributed by atoms with Gasteiger partial charge in [0, 0.05) is 21.2 Å². The van der Waals surface area contributed by atoms with E-state index in [0.29, 0.717) is 32.0 Å². The number of benzene rings is 2. The van der Waals surface area contributed by atoms with E-state index >= 15 is 0 Å². The van der Waals surface area contributed by atoms with Crippen LogP contribution in [0.3, 0.4) is 0 Å². The lowest BCUT2D eigenvalue weighted by Gasteiger charge is -2.06. The van der Waals surface area contributed by atoms with E-state index in [2.05, 4.69) is 5.16 Å². The number of nitrogens with two attached hydrogens (primary N) is 1. The van der Waals surface area contributed by atoms with Crippen LogP contribution in [0.5, 0.6) is 0 Å². The SMILES string of the molecule is Nc1noc(-c2cc(Cl)ccc2Cl)c1-c1ccccc1Cl. The molecule has 3 rings (SSSR count). The standard InChI is InChI=1S/C15H9Cl3N2O/c16-8-5-6-12(18)10(7-8)14-13(15(19)20-21-14)9-3-1-2-4-11(9)17/h1-7H,(H2,19,20). The molecule has 0 saturated carbocycles. The van der Waals surface area contributed by atoms with Crippen molar-refractivity contribution in [2.75, 3.05) is 5.73 Å². The van der Waals surface area contributed by atoms with E-state index in [1.54, 1.807) is 24.3 Å². The smallest absolute Gasteiger partial charge is 0.178 e. The van der Waals surface area contributed by atoms with Gasteiger partial charge >= 0.3 is 0 Å². The number of nitrogen functional groups attached to an aromatic ring is 1. The Balaban J connectivity index is 2.27. The second kappa shape index (κ2) is 5.60. The van der Waals surface area contributed by atoms with Crippen LogP contribution >= 0.6 is 34.8 Å². The lowest BCUT2D eigenvalue weighted by Crippen LogP contribution is -1.90. The van der Waals surface area contributed by atoms with E-state index in [0.717, 1.165) is 5.56 Å². The highest BCUT2D eigenvalue weighted by atomic mass is 35.5. The topological polar surface area (TPSA) is 52.0 Å². The molecule has 3 aromatic rings. The Morgan fingerprint density at radius 2 is 1.62 bits per heavy atom. The van der Waals surface area contributed by atoms with Gasteiger partial charge in [0.15, 0.2) is 11.6 Å². The average molecular weight is 340 g/mol. The fraction of sp³-hybridized carbons (Fsp3) is 0. The Morgan fingerprint density at radius 3 is 2.38 bits per heavy atom. The number of anilines is 1. The van der Waals surface area contributed by atoms with Gasteiger partial charge < -0.3 is 10.3 Å². The van der Waals surface area contributed by atoms with Crippen LogP contribution in [-0.4, -0.2) is 5.16 Å². The summed E-state index contributed by atoms with van der Waals surface area (Å²) in [5, 5.41) is 5.40. The first-order chi connectivity index (χ1) is 10.1. The van der Waals surface area contributed by atoms with Crippen LogP contribution in [0.2, 0.25) is 15.1 Å². The van der Waals surface area contributed by atoms with Gasteiger partial charge in [0.05, 0.1) is 10.6 Å². The molecule has 0 fully saturated rings. The maximum absolute atomic E-state index is 6.23. The van der Waals surface area contributed by atoms with Crippen molar-refractivity contribution in [1.29, 1.82) is 0 Å². The molecule has 0 spiro atoms. The zero-order valence-corrected chi connectivity index (χ0v) is 12.9. The monoisotopic (exact) mass is 338 g/mol. The summed E-state index contributed by atoms with van der Waals surface area (Å²) in [6.07, 6.45) is 0. The second-order valence-electron chi connectivity index (χ2n) is 4.38. The predicted octanol–water partition coefficient (Wildman–Crippen LogP) is 5.55. The first-order valence-corrected chi connectivity index (χ1v) is 7.17.